The van der Waals surface area contributed by atoms with E-state index in [4.69, 9.17) is 4.74 Å². The zero-order chi connectivity index (χ0) is 19.0. The van der Waals surface area contributed by atoms with Gasteiger partial charge in [-0.2, -0.15) is 0 Å². The average molecular weight is 444 g/mol. The van der Waals surface area contributed by atoms with Crippen molar-refractivity contribution in [3.8, 4) is 5.75 Å². The lowest BCUT2D eigenvalue weighted by Gasteiger charge is -2.21. The van der Waals surface area contributed by atoms with Crippen LogP contribution in [0.2, 0.25) is 0 Å². The van der Waals surface area contributed by atoms with Crippen molar-refractivity contribution in [3.05, 3.63) is 45.9 Å². The number of imidazole rings is 1. The lowest BCUT2D eigenvalue weighted by molar-refractivity contribution is 0.0923. The Labute approximate surface area is 181 Å². The Bertz CT molecular complexity index is 923. The van der Waals surface area contributed by atoms with Crippen LogP contribution in [0, 0.1) is 5.92 Å². The fourth-order valence-electron chi connectivity index (χ4n) is 3.82. The van der Waals surface area contributed by atoms with Gasteiger partial charge in [-0.1, -0.05) is 0 Å². The second kappa shape index (κ2) is 9.65. The normalized spacial score (nSPS) is 16.5. The van der Waals surface area contributed by atoms with Crippen molar-refractivity contribution in [2.24, 2.45) is 13.0 Å². The summed E-state index contributed by atoms with van der Waals surface area (Å²) in [7, 11) is 3.43. The number of halogens is 2. The number of aromatic nitrogens is 3. The summed E-state index contributed by atoms with van der Waals surface area (Å²) in [5.41, 5.74) is 1.06. The molecule has 1 amide bonds. The molecule has 2 aromatic rings. The van der Waals surface area contributed by atoms with Crippen molar-refractivity contribution < 1.29 is 9.53 Å². The quantitative estimate of drug-likeness (QED) is 0.729. The molecule has 2 N–H and O–H groups in total. The number of aryl methyl sites for hydroxylation is 1. The molecule has 1 aliphatic heterocycles. The minimum atomic E-state index is -0.211. The maximum Gasteiger partial charge on any atom is 0.257 e. The number of amides is 1. The number of pyridine rings is 1. The predicted octanol–water partition coefficient (Wildman–Crippen LogP) is 1.46. The number of rotatable bonds is 5. The van der Waals surface area contributed by atoms with Gasteiger partial charge in [0.1, 0.15) is 17.1 Å². The Hall–Kier alpha value is -2.03. The van der Waals surface area contributed by atoms with Gasteiger partial charge >= 0.3 is 0 Å². The van der Waals surface area contributed by atoms with E-state index < -0.39 is 0 Å². The number of hydrogen-bond acceptors (Lipinski definition) is 5. The number of hydrogen-bond donors (Lipinski definition) is 2. The molecule has 0 radical (unpaired) electrons. The van der Waals surface area contributed by atoms with Crippen LogP contribution in [-0.4, -0.2) is 40.2 Å². The molecule has 0 aromatic carbocycles. The number of carbonyl (C=O) groups is 1. The number of ether oxygens (including phenoxy) is 1. The topological polar surface area (TPSA) is 90.2 Å². The fraction of sp³-hybridized carbons (Fsp3) is 0.526. The van der Waals surface area contributed by atoms with E-state index in [0.29, 0.717) is 36.7 Å². The van der Waals surface area contributed by atoms with Crippen LogP contribution in [0.1, 0.15) is 40.8 Å². The first-order chi connectivity index (χ1) is 13.1. The molecule has 2 aromatic heterocycles. The second-order valence-corrected chi connectivity index (χ2v) is 7.21. The van der Waals surface area contributed by atoms with Crippen molar-refractivity contribution in [1.82, 2.24) is 24.8 Å². The molecular formula is C19H27Cl2N5O3. The zero-order valence-electron chi connectivity index (χ0n) is 16.5. The van der Waals surface area contributed by atoms with E-state index in [0.717, 1.165) is 30.9 Å². The van der Waals surface area contributed by atoms with E-state index >= 15 is 0 Å². The molecule has 0 spiro atoms. The van der Waals surface area contributed by atoms with Gasteiger partial charge in [-0.05, 0) is 18.8 Å². The Balaban J connectivity index is 0.00000150. The number of fused-ring (bicyclic) bond motifs is 1. The molecule has 160 valence electrons. The summed E-state index contributed by atoms with van der Waals surface area (Å²) < 4.78 is 9.04. The number of nitrogens with zero attached hydrogens (tertiary/aromatic N) is 3. The molecule has 0 saturated heterocycles. The molecule has 0 bridgehead atoms. The van der Waals surface area contributed by atoms with Crippen molar-refractivity contribution in [3.63, 3.8) is 0 Å². The maximum absolute atomic E-state index is 13.3. The molecule has 8 nitrogen and oxygen atoms in total. The molecular weight excluding hydrogens is 417 g/mol. The Morgan fingerprint density at radius 2 is 2.10 bits per heavy atom. The smallest absolute Gasteiger partial charge is 0.257 e. The summed E-state index contributed by atoms with van der Waals surface area (Å²) in [5.74, 6) is 1.37. The molecule has 29 heavy (non-hydrogen) atoms. The molecule has 10 heteroatoms. The third kappa shape index (κ3) is 4.60. The number of carbonyl (C=O) groups excluding carboxylic acids is 1. The standard InChI is InChI=1S/C19H25N5O3.2ClH/c1-23-9-8-21-18(23)17(12-3-4-12)22-19(26)16-13-5-6-20-7-10-24(13)15(25)11-14(16)27-2;;/h8-9,11-12,17,20H,3-7,10H2,1-2H3,(H,22,26);2*1H. The first-order valence-corrected chi connectivity index (χ1v) is 9.39. The second-order valence-electron chi connectivity index (χ2n) is 7.21. The Kier molecular flexibility index (Phi) is 7.73. The van der Waals surface area contributed by atoms with Crippen LogP contribution in [-0.2, 0) is 20.0 Å². The van der Waals surface area contributed by atoms with E-state index in [1.165, 1.54) is 13.2 Å². The summed E-state index contributed by atoms with van der Waals surface area (Å²) in [4.78, 5) is 30.2. The average Bonchev–Trinajstić information content (AvgIpc) is 3.44. The van der Waals surface area contributed by atoms with Gasteiger partial charge in [0.25, 0.3) is 11.5 Å². The highest BCUT2D eigenvalue weighted by molar-refractivity contribution is 5.98. The summed E-state index contributed by atoms with van der Waals surface area (Å²) in [5, 5.41) is 6.44. The lowest BCUT2D eigenvalue weighted by atomic mass is 10.1. The third-order valence-electron chi connectivity index (χ3n) is 5.40. The Morgan fingerprint density at radius 1 is 1.34 bits per heavy atom. The lowest BCUT2D eigenvalue weighted by Crippen LogP contribution is -2.35. The highest BCUT2D eigenvalue weighted by Crippen LogP contribution is 2.40. The summed E-state index contributed by atoms with van der Waals surface area (Å²) >= 11 is 0. The van der Waals surface area contributed by atoms with Crippen LogP contribution in [0.25, 0.3) is 0 Å². The highest BCUT2D eigenvalue weighted by Gasteiger charge is 2.37. The maximum atomic E-state index is 13.3. The van der Waals surface area contributed by atoms with Gasteiger partial charge in [0.15, 0.2) is 0 Å². The molecule has 1 aliphatic carbocycles. The Morgan fingerprint density at radius 3 is 2.72 bits per heavy atom. The van der Waals surface area contributed by atoms with Crippen molar-refractivity contribution in [2.75, 3.05) is 20.2 Å². The van der Waals surface area contributed by atoms with E-state index in [1.54, 1.807) is 10.8 Å². The van der Waals surface area contributed by atoms with Crippen LogP contribution < -0.4 is 20.9 Å². The van der Waals surface area contributed by atoms with E-state index in [-0.39, 0.29) is 42.3 Å². The van der Waals surface area contributed by atoms with Gasteiger partial charge in [-0.3, -0.25) is 9.59 Å². The van der Waals surface area contributed by atoms with E-state index in [1.807, 2.05) is 17.8 Å². The minimum absolute atomic E-state index is 0. The summed E-state index contributed by atoms with van der Waals surface area (Å²) in [6.07, 6.45) is 6.39. The summed E-state index contributed by atoms with van der Waals surface area (Å²) in [6, 6.07) is 1.27. The largest absolute Gasteiger partial charge is 0.496 e. The highest BCUT2D eigenvalue weighted by atomic mass is 35.5. The van der Waals surface area contributed by atoms with Crippen molar-refractivity contribution in [1.29, 1.82) is 0 Å². The van der Waals surface area contributed by atoms with Crippen molar-refractivity contribution in [2.45, 2.75) is 31.8 Å². The van der Waals surface area contributed by atoms with Crippen LogP contribution in [0.4, 0.5) is 0 Å². The molecule has 2 aliphatic rings. The molecule has 1 atom stereocenters. The van der Waals surface area contributed by atoms with Crippen LogP contribution in [0.5, 0.6) is 5.75 Å². The SMILES string of the molecule is COc1cc(=O)n2c(c1C(=O)NC(c1nccn1C)C1CC1)CCNCC2.Cl.Cl. The molecule has 1 unspecified atom stereocenters. The van der Waals surface area contributed by atoms with Gasteiger partial charge in [0.05, 0.1) is 13.2 Å². The van der Waals surface area contributed by atoms with Crippen LogP contribution in [0.3, 0.4) is 0 Å². The first kappa shape index (κ1) is 23.3. The number of nitrogens with one attached hydrogen (secondary N) is 2. The van der Waals surface area contributed by atoms with E-state index in [2.05, 4.69) is 15.6 Å². The third-order valence-corrected chi connectivity index (χ3v) is 5.40. The summed E-state index contributed by atoms with van der Waals surface area (Å²) in [6.45, 7) is 1.97. The molecule has 1 saturated carbocycles. The molecule has 3 heterocycles. The predicted molar refractivity (Wildman–Crippen MR) is 114 cm³/mol. The fourth-order valence-corrected chi connectivity index (χ4v) is 3.82. The van der Waals surface area contributed by atoms with E-state index in [9.17, 15) is 9.59 Å². The van der Waals surface area contributed by atoms with Gasteiger partial charge in [0, 0.05) is 57.3 Å². The zero-order valence-corrected chi connectivity index (χ0v) is 18.1. The monoisotopic (exact) mass is 443 g/mol. The van der Waals surface area contributed by atoms with Crippen molar-refractivity contribution >= 4 is 30.7 Å². The van der Waals surface area contributed by atoms with Crippen LogP contribution >= 0.6 is 24.8 Å². The van der Waals surface area contributed by atoms with Gasteiger partial charge < -0.3 is 24.5 Å². The van der Waals surface area contributed by atoms with Crippen LogP contribution in [0.15, 0.2) is 23.3 Å². The first-order valence-electron chi connectivity index (χ1n) is 9.39. The van der Waals surface area contributed by atoms with Gasteiger partial charge in [-0.25, -0.2) is 4.98 Å². The minimum Gasteiger partial charge on any atom is -0.496 e. The molecule has 1 fully saturated rings. The molecule has 4 rings (SSSR count). The van der Waals surface area contributed by atoms with Gasteiger partial charge in [-0.15, -0.1) is 24.8 Å². The van der Waals surface area contributed by atoms with Gasteiger partial charge in [0.2, 0.25) is 0 Å². The number of methoxy groups -OCH3 is 1.